The van der Waals surface area contributed by atoms with E-state index >= 15 is 0 Å². The van der Waals surface area contributed by atoms with Crippen molar-refractivity contribution in [3.63, 3.8) is 0 Å². The third-order valence-corrected chi connectivity index (χ3v) is 5.36. The molecular formula is C17H30N2S. The molecule has 0 amide bonds. The van der Waals surface area contributed by atoms with Crippen LogP contribution in [0.2, 0.25) is 0 Å². The van der Waals surface area contributed by atoms with Crippen molar-refractivity contribution in [2.45, 2.75) is 77.2 Å². The van der Waals surface area contributed by atoms with Gasteiger partial charge in [0.25, 0.3) is 0 Å². The molecule has 2 nitrogen and oxygen atoms in total. The van der Waals surface area contributed by atoms with Crippen LogP contribution >= 0.6 is 11.3 Å². The smallest absolute Gasteiger partial charge is 0.0944 e. The van der Waals surface area contributed by atoms with Crippen LogP contribution in [0.5, 0.6) is 0 Å². The number of thiazole rings is 1. The largest absolute Gasteiger partial charge is 0.317 e. The summed E-state index contributed by atoms with van der Waals surface area (Å²) in [6.45, 7) is 6.72. The first-order valence-corrected chi connectivity index (χ1v) is 8.99. The number of nitrogens with one attached hydrogen (secondary N) is 1. The number of nitrogens with zero attached hydrogens (tertiary/aromatic N) is 1. The van der Waals surface area contributed by atoms with E-state index in [0.29, 0.717) is 6.04 Å². The molecule has 1 unspecified atom stereocenters. The summed E-state index contributed by atoms with van der Waals surface area (Å²) in [5.74, 6) is 0.934. The lowest BCUT2D eigenvalue weighted by Crippen LogP contribution is -2.30. The van der Waals surface area contributed by atoms with Crippen molar-refractivity contribution in [2.75, 3.05) is 7.05 Å². The summed E-state index contributed by atoms with van der Waals surface area (Å²) >= 11 is 1.83. The molecule has 1 aromatic rings. The molecule has 1 saturated carbocycles. The van der Waals surface area contributed by atoms with E-state index in [0.717, 1.165) is 12.3 Å². The van der Waals surface area contributed by atoms with E-state index in [9.17, 15) is 0 Å². The molecule has 0 saturated heterocycles. The van der Waals surface area contributed by atoms with Gasteiger partial charge >= 0.3 is 0 Å². The van der Waals surface area contributed by atoms with Crippen molar-refractivity contribution in [3.8, 4) is 0 Å². The lowest BCUT2D eigenvalue weighted by molar-refractivity contribution is 0.302. The van der Waals surface area contributed by atoms with Gasteiger partial charge in [-0.05, 0) is 19.4 Å². The number of rotatable bonds is 5. The van der Waals surface area contributed by atoms with Crippen LogP contribution in [0.3, 0.4) is 0 Å². The Bertz CT molecular complexity index is 399. The minimum atomic E-state index is 0.174. The Morgan fingerprint density at radius 2 is 2.00 bits per heavy atom. The van der Waals surface area contributed by atoms with Gasteiger partial charge in [-0.2, -0.15) is 0 Å². The molecule has 0 radical (unpaired) electrons. The fraction of sp³-hybridized carbons (Fsp3) is 0.824. The molecule has 0 aromatic carbocycles. The second kappa shape index (κ2) is 7.04. The molecule has 2 rings (SSSR count). The molecule has 0 aliphatic heterocycles. The second-order valence-corrected chi connectivity index (χ2v) is 8.25. The Hall–Kier alpha value is -0.410. The van der Waals surface area contributed by atoms with Gasteiger partial charge in [-0.1, -0.05) is 52.9 Å². The highest BCUT2D eigenvalue weighted by atomic mass is 32.1. The van der Waals surface area contributed by atoms with Crippen molar-refractivity contribution in [2.24, 2.45) is 5.92 Å². The van der Waals surface area contributed by atoms with E-state index in [1.165, 1.54) is 49.2 Å². The normalized spacial score (nSPS) is 19.2. The molecule has 1 N–H and O–H groups in total. The zero-order valence-corrected chi connectivity index (χ0v) is 14.4. The molecule has 1 heterocycles. The van der Waals surface area contributed by atoms with Crippen LogP contribution in [0.25, 0.3) is 0 Å². The summed E-state index contributed by atoms with van der Waals surface area (Å²) in [7, 11) is 2.10. The zero-order chi connectivity index (χ0) is 14.6. The first kappa shape index (κ1) is 16.0. The number of aromatic nitrogens is 1. The van der Waals surface area contributed by atoms with Gasteiger partial charge in [0.1, 0.15) is 0 Å². The highest BCUT2D eigenvalue weighted by molar-refractivity contribution is 7.09. The topological polar surface area (TPSA) is 24.9 Å². The summed E-state index contributed by atoms with van der Waals surface area (Å²) in [4.78, 5) is 4.84. The van der Waals surface area contributed by atoms with Gasteiger partial charge in [0, 0.05) is 23.3 Å². The average Bonchev–Trinajstić information content (AvgIpc) is 2.87. The summed E-state index contributed by atoms with van der Waals surface area (Å²) in [6, 6.07) is 0.595. The first-order valence-electron chi connectivity index (χ1n) is 8.11. The maximum atomic E-state index is 4.84. The van der Waals surface area contributed by atoms with Gasteiger partial charge in [-0.15, -0.1) is 11.3 Å². The van der Waals surface area contributed by atoms with Crippen LogP contribution in [0.1, 0.15) is 70.0 Å². The summed E-state index contributed by atoms with van der Waals surface area (Å²) in [5, 5.41) is 7.05. The highest BCUT2D eigenvalue weighted by Gasteiger charge is 2.21. The maximum Gasteiger partial charge on any atom is 0.0944 e. The molecule has 1 fully saturated rings. The molecular weight excluding hydrogens is 264 g/mol. The molecule has 3 heteroatoms. The standard InChI is InChI=1S/C17H30N2S/c1-17(2,3)15-12-20-16(19-15)11-14(18-4)10-13-8-6-5-7-9-13/h12-14,18H,5-11H2,1-4H3. The summed E-state index contributed by atoms with van der Waals surface area (Å²) in [6.07, 6.45) is 9.60. The monoisotopic (exact) mass is 294 g/mol. The quantitative estimate of drug-likeness (QED) is 0.862. The number of hydrogen-bond donors (Lipinski definition) is 1. The fourth-order valence-corrected chi connectivity index (χ4v) is 4.19. The van der Waals surface area contributed by atoms with E-state index in [4.69, 9.17) is 4.98 Å². The third-order valence-electron chi connectivity index (χ3n) is 4.49. The lowest BCUT2D eigenvalue weighted by atomic mass is 9.84. The Balaban J connectivity index is 1.90. The van der Waals surface area contributed by atoms with Crippen LogP contribution in [0.15, 0.2) is 5.38 Å². The second-order valence-electron chi connectivity index (χ2n) is 7.31. The van der Waals surface area contributed by atoms with Crippen LogP contribution in [0.4, 0.5) is 0 Å². The van der Waals surface area contributed by atoms with Gasteiger partial charge in [0.05, 0.1) is 10.7 Å². The molecule has 0 spiro atoms. The Labute approximate surface area is 128 Å². The van der Waals surface area contributed by atoms with Crippen LogP contribution < -0.4 is 5.32 Å². The molecule has 1 atom stereocenters. The number of hydrogen-bond acceptors (Lipinski definition) is 3. The van der Waals surface area contributed by atoms with Crippen molar-refractivity contribution < 1.29 is 0 Å². The maximum absolute atomic E-state index is 4.84. The van der Waals surface area contributed by atoms with Crippen molar-refractivity contribution in [1.82, 2.24) is 10.3 Å². The van der Waals surface area contributed by atoms with Crippen molar-refractivity contribution in [3.05, 3.63) is 16.1 Å². The highest BCUT2D eigenvalue weighted by Crippen LogP contribution is 2.29. The number of likely N-dealkylation sites (N-methyl/N-ethyl adjacent to an activating group) is 1. The molecule has 1 aromatic heterocycles. The lowest BCUT2D eigenvalue weighted by Gasteiger charge is -2.26. The predicted molar refractivity (Wildman–Crippen MR) is 88.6 cm³/mol. The summed E-state index contributed by atoms with van der Waals surface area (Å²) < 4.78 is 0. The van der Waals surface area contributed by atoms with Gasteiger partial charge in [-0.3, -0.25) is 0 Å². The van der Waals surface area contributed by atoms with Crippen molar-refractivity contribution >= 4 is 11.3 Å². The SMILES string of the molecule is CNC(Cc1nc(C(C)(C)C)cs1)CC1CCCCC1. The molecule has 1 aliphatic carbocycles. The van der Waals surface area contributed by atoms with E-state index in [1.807, 2.05) is 11.3 Å². The third kappa shape index (κ3) is 4.56. The van der Waals surface area contributed by atoms with E-state index < -0.39 is 0 Å². The van der Waals surface area contributed by atoms with Gasteiger partial charge in [-0.25, -0.2) is 4.98 Å². The van der Waals surface area contributed by atoms with Gasteiger partial charge in [0.15, 0.2) is 0 Å². The minimum absolute atomic E-state index is 0.174. The zero-order valence-electron chi connectivity index (χ0n) is 13.5. The van der Waals surface area contributed by atoms with E-state index in [2.05, 4.69) is 38.5 Å². The Morgan fingerprint density at radius 3 is 2.55 bits per heavy atom. The van der Waals surface area contributed by atoms with Crippen LogP contribution in [-0.2, 0) is 11.8 Å². The Morgan fingerprint density at radius 1 is 1.30 bits per heavy atom. The van der Waals surface area contributed by atoms with E-state index in [1.54, 1.807) is 0 Å². The molecule has 1 aliphatic rings. The fourth-order valence-electron chi connectivity index (χ4n) is 3.09. The molecule has 20 heavy (non-hydrogen) atoms. The Kier molecular flexibility index (Phi) is 5.62. The van der Waals surface area contributed by atoms with Crippen LogP contribution in [-0.4, -0.2) is 18.1 Å². The first-order chi connectivity index (χ1) is 9.49. The molecule has 114 valence electrons. The van der Waals surface area contributed by atoms with E-state index in [-0.39, 0.29) is 5.41 Å². The van der Waals surface area contributed by atoms with Crippen LogP contribution in [0, 0.1) is 5.92 Å². The predicted octanol–water partition coefficient (Wildman–Crippen LogP) is 4.54. The van der Waals surface area contributed by atoms with Crippen molar-refractivity contribution in [1.29, 1.82) is 0 Å². The minimum Gasteiger partial charge on any atom is -0.317 e. The van der Waals surface area contributed by atoms with Gasteiger partial charge < -0.3 is 5.32 Å². The van der Waals surface area contributed by atoms with Gasteiger partial charge in [0.2, 0.25) is 0 Å². The summed E-state index contributed by atoms with van der Waals surface area (Å²) in [5.41, 5.74) is 1.41. The average molecular weight is 295 g/mol. The molecule has 0 bridgehead atoms.